The van der Waals surface area contributed by atoms with Crippen LogP contribution >= 0.6 is 11.3 Å². The van der Waals surface area contributed by atoms with Gasteiger partial charge in [0.2, 0.25) is 0 Å². The van der Waals surface area contributed by atoms with Gasteiger partial charge in [-0.15, -0.1) is 11.3 Å². The molecule has 1 aliphatic carbocycles. The molecule has 1 aliphatic rings. The number of rotatable bonds is 2. The molecule has 2 nitrogen and oxygen atoms in total. The second-order valence-corrected chi connectivity index (χ2v) is 4.96. The lowest BCUT2D eigenvalue weighted by atomic mass is 10.0. The Bertz CT molecular complexity index is 511. The van der Waals surface area contributed by atoms with Gasteiger partial charge in [-0.25, -0.2) is 0 Å². The molecular formula is C12H12O2S. The largest absolute Gasteiger partial charge is 0.496 e. The topological polar surface area (TPSA) is 29.5 Å². The van der Waals surface area contributed by atoms with Crippen molar-refractivity contribution >= 4 is 21.4 Å². The van der Waals surface area contributed by atoms with Crippen molar-refractivity contribution in [3.63, 3.8) is 0 Å². The smallest absolute Gasteiger partial charge is 0.133 e. The van der Waals surface area contributed by atoms with Gasteiger partial charge in [0.1, 0.15) is 5.75 Å². The second kappa shape index (κ2) is 2.97. The van der Waals surface area contributed by atoms with Gasteiger partial charge >= 0.3 is 0 Å². The molecule has 1 heterocycles. The highest BCUT2D eigenvalue weighted by Gasteiger charge is 2.44. The second-order valence-electron chi connectivity index (χ2n) is 4.01. The maximum atomic E-state index is 10.1. The summed E-state index contributed by atoms with van der Waals surface area (Å²) in [6.45, 7) is 0. The van der Waals surface area contributed by atoms with Crippen LogP contribution in [0.25, 0.3) is 10.1 Å². The molecule has 1 saturated carbocycles. The first-order valence-corrected chi connectivity index (χ1v) is 5.90. The zero-order valence-corrected chi connectivity index (χ0v) is 9.30. The number of fused-ring (bicyclic) bond motifs is 1. The minimum Gasteiger partial charge on any atom is -0.496 e. The summed E-state index contributed by atoms with van der Waals surface area (Å²) in [6.07, 6.45) is 1.69. The van der Waals surface area contributed by atoms with Gasteiger partial charge in [0.25, 0.3) is 0 Å². The zero-order chi connectivity index (χ0) is 10.5. The lowest BCUT2D eigenvalue weighted by molar-refractivity contribution is 0.148. The Balaban J connectivity index is 2.29. The average Bonchev–Trinajstić information content (AvgIpc) is 2.82. The summed E-state index contributed by atoms with van der Waals surface area (Å²) in [5.41, 5.74) is 0.317. The van der Waals surface area contributed by atoms with E-state index in [1.165, 1.54) is 4.70 Å². The Morgan fingerprint density at radius 1 is 1.33 bits per heavy atom. The van der Waals surface area contributed by atoms with Crippen LogP contribution < -0.4 is 4.74 Å². The molecule has 2 aromatic rings. The maximum Gasteiger partial charge on any atom is 0.133 e. The van der Waals surface area contributed by atoms with E-state index in [1.54, 1.807) is 18.4 Å². The molecule has 0 unspecified atom stereocenters. The Morgan fingerprint density at radius 3 is 2.80 bits per heavy atom. The Morgan fingerprint density at radius 2 is 2.13 bits per heavy atom. The molecule has 0 radical (unpaired) electrons. The van der Waals surface area contributed by atoms with E-state index in [0.717, 1.165) is 29.5 Å². The summed E-state index contributed by atoms with van der Waals surface area (Å²) >= 11 is 1.69. The highest BCUT2D eigenvalue weighted by atomic mass is 32.1. The number of aliphatic hydroxyl groups is 1. The van der Waals surface area contributed by atoms with Gasteiger partial charge in [0, 0.05) is 15.6 Å². The summed E-state index contributed by atoms with van der Waals surface area (Å²) in [6, 6.07) is 6.10. The molecule has 3 heteroatoms. The van der Waals surface area contributed by atoms with Crippen molar-refractivity contribution in [3.05, 3.63) is 29.1 Å². The van der Waals surface area contributed by atoms with Gasteiger partial charge in [-0.1, -0.05) is 6.07 Å². The average molecular weight is 220 g/mol. The van der Waals surface area contributed by atoms with E-state index >= 15 is 0 Å². The third-order valence-electron chi connectivity index (χ3n) is 3.01. The lowest BCUT2D eigenvalue weighted by Crippen LogP contribution is -2.06. The number of hydrogen-bond acceptors (Lipinski definition) is 3. The van der Waals surface area contributed by atoms with Gasteiger partial charge < -0.3 is 9.84 Å². The number of benzene rings is 1. The fourth-order valence-corrected chi connectivity index (χ4v) is 2.78. The first kappa shape index (κ1) is 9.19. The summed E-state index contributed by atoms with van der Waals surface area (Å²) in [7, 11) is 1.67. The van der Waals surface area contributed by atoms with Crippen molar-refractivity contribution in [3.8, 4) is 5.75 Å². The predicted molar refractivity (Wildman–Crippen MR) is 61.5 cm³/mol. The van der Waals surface area contributed by atoms with E-state index in [2.05, 4.69) is 6.07 Å². The van der Waals surface area contributed by atoms with Crippen LogP contribution in [0.4, 0.5) is 0 Å². The van der Waals surface area contributed by atoms with Crippen molar-refractivity contribution in [1.82, 2.24) is 0 Å². The van der Waals surface area contributed by atoms with Gasteiger partial charge in [-0.2, -0.15) is 0 Å². The van der Waals surface area contributed by atoms with E-state index in [-0.39, 0.29) is 0 Å². The summed E-state index contributed by atoms with van der Waals surface area (Å²) in [5.74, 6) is 0.841. The predicted octanol–water partition coefficient (Wildman–Crippen LogP) is 2.89. The van der Waals surface area contributed by atoms with Crippen molar-refractivity contribution in [2.24, 2.45) is 0 Å². The first-order chi connectivity index (χ1) is 7.24. The molecule has 0 bridgehead atoms. The highest BCUT2D eigenvalue weighted by molar-refractivity contribution is 7.17. The number of ether oxygens (including phenoxy) is 1. The molecule has 1 aromatic heterocycles. The lowest BCUT2D eigenvalue weighted by Gasteiger charge is -2.14. The molecule has 0 atom stereocenters. The van der Waals surface area contributed by atoms with Gasteiger partial charge in [-0.3, -0.25) is 0 Å². The molecule has 0 saturated heterocycles. The van der Waals surface area contributed by atoms with E-state index in [9.17, 15) is 5.11 Å². The van der Waals surface area contributed by atoms with Crippen molar-refractivity contribution in [2.75, 3.05) is 7.11 Å². The van der Waals surface area contributed by atoms with Crippen LogP contribution in [0.15, 0.2) is 23.6 Å². The quantitative estimate of drug-likeness (QED) is 0.843. The van der Waals surface area contributed by atoms with Crippen LogP contribution in [0, 0.1) is 0 Å². The van der Waals surface area contributed by atoms with Crippen LogP contribution in [0.1, 0.15) is 18.4 Å². The minimum absolute atomic E-state index is 0.624. The normalized spacial score (nSPS) is 18.0. The van der Waals surface area contributed by atoms with Crippen LogP contribution in [0.5, 0.6) is 5.75 Å². The van der Waals surface area contributed by atoms with Gasteiger partial charge in [0.15, 0.2) is 0 Å². The molecule has 0 amide bonds. The van der Waals surface area contributed by atoms with E-state index in [1.807, 2.05) is 17.5 Å². The molecule has 0 spiro atoms. The van der Waals surface area contributed by atoms with E-state index in [4.69, 9.17) is 4.74 Å². The number of methoxy groups -OCH3 is 1. The van der Waals surface area contributed by atoms with Gasteiger partial charge in [-0.05, 0) is 30.4 Å². The van der Waals surface area contributed by atoms with Crippen LogP contribution in [-0.2, 0) is 5.60 Å². The minimum atomic E-state index is -0.624. The van der Waals surface area contributed by atoms with E-state index in [0.29, 0.717) is 0 Å². The SMILES string of the molecule is COc1c(C2(O)CC2)ccc2sccc12. The molecule has 0 aliphatic heterocycles. The Hall–Kier alpha value is -1.06. The molecule has 15 heavy (non-hydrogen) atoms. The molecule has 3 rings (SSSR count). The third-order valence-corrected chi connectivity index (χ3v) is 3.90. The van der Waals surface area contributed by atoms with Crippen molar-refractivity contribution < 1.29 is 9.84 Å². The zero-order valence-electron chi connectivity index (χ0n) is 8.49. The summed E-state index contributed by atoms with van der Waals surface area (Å²) in [4.78, 5) is 0. The third kappa shape index (κ3) is 1.27. The van der Waals surface area contributed by atoms with Crippen molar-refractivity contribution in [1.29, 1.82) is 0 Å². The van der Waals surface area contributed by atoms with Gasteiger partial charge in [0.05, 0.1) is 12.7 Å². The fraction of sp³-hybridized carbons (Fsp3) is 0.333. The summed E-state index contributed by atoms with van der Waals surface area (Å²) in [5, 5.41) is 13.3. The molecule has 1 fully saturated rings. The van der Waals surface area contributed by atoms with E-state index < -0.39 is 5.60 Å². The van der Waals surface area contributed by atoms with Crippen LogP contribution in [0.3, 0.4) is 0 Å². The van der Waals surface area contributed by atoms with Crippen LogP contribution in [-0.4, -0.2) is 12.2 Å². The molecular weight excluding hydrogens is 208 g/mol. The fourth-order valence-electron chi connectivity index (χ4n) is 1.99. The van der Waals surface area contributed by atoms with Crippen LogP contribution in [0.2, 0.25) is 0 Å². The molecule has 1 aromatic carbocycles. The first-order valence-electron chi connectivity index (χ1n) is 5.02. The summed E-state index contributed by atoms with van der Waals surface area (Å²) < 4.78 is 6.64. The standard InChI is InChI=1S/C12H12O2S/c1-14-11-8-4-7-15-10(8)3-2-9(11)12(13)5-6-12/h2-4,7,13H,5-6H2,1H3. The Kier molecular flexibility index (Phi) is 1.82. The number of thiophene rings is 1. The monoisotopic (exact) mass is 220 g/mol. The van der Waals surface area contributed by atoms with Crippen molar-refractivity contribution in [2.45, 2.75) is 18.4 Å². The maximum absolute atomic E-state index is 10.1. The Labute approximate surface area is 92.1 Å². The number of hydrogen-bond donors (Lipinski definition) is 1. The molecule has 78 valence electrons. The molecule has 1 N–H and O–H groups in total. The highest BCUT2D eigenvalue weighted by Crippen LogP contribution is 2.50.